The molecular formula is C15H31N3O. The number of nitrogens with zero attached hydrogens (tertiary/aromatic N) is 2. The lowest BCUT2D eigenvalue weighted by Gasteiger charge is -2.47. The minimum Gasteiger partial charge on any atom is -0.381 e. The maximum atomic E-state index is 6.14. The summed E-state index contributed by atoms with van der Waals surface area (Å²) in [5.41, 5.74) is 6.35. The third-order valence-electron chi connectivity index (χ3n) is 4.69. The van der Waals surface area contributed by atoms with E-state index in [-0.39, 0.29) is 5.54 Å². The van der Waals surface area contributed by atoms with Crippen LogP contribution in [0.5, 0.6) is 0 Å². The molecule has 4 heteroatoms. The Balaban J connectivity index is 1.90. The van der Waals surface area contributed by atoms with Crippen molar-refractivity contribution < 1.29 is 4.74 Å². The molecule has 0 aromatic heterocycles. The van der Waals surface area contributed by atoms with E-state index in [0.717, 1.165) is 38.5 Å². The highest BCUT2D eigenvalue weighted by atomic mass is 16.5. The third kappa shape index (κ3) is 3.91. The van der Waals surface area contributed by atoms with Crippen LogP contribution in [0.2, 0.25) is 0 Å². The smallest absolute Gasteiger partial charge is 0.0484 e. The Hall–Kier alpha value is -0.160. The van der Waals surface area contributed by atoms with Gasteiger partial charge in [-0.05, 0) is 25.2 Å². The monoisotopic (exact) mass is 269 g/mol. The van der Waals surface area contributed by atoms with Crippen molar-refractivity contribution in [3.63, 3.8) is 0 Å². The lowest BCUT2D eigenvalue weighted by Crippen LogP contribution is -2.60. The Labute approximate surface area is 118 Å². The van der Waals surface area contributed by atoms with Gasteiger partial charge < -0.3 is 15.4 Å². The van der Waals surface area contributed by atoms with Crippen molar-refractivity contribution in [3.8, 4) is 0 Å². The SMILES string of the molecule is CC(C)CN1CCN(C2(CN)CCCOCC2)CC1. The zero-order valence-corrected chi connectivity index (χ0v) is 12.7. The quantitative estimate of drug-likeness (QED) is 0.831. The van der Waals surface area contributed by atoms with Crippen molar-refractivity contribution >= 4 is 0 Å². The maximum absolute atomic E-state index is 6.14. The van der Waals surface area contributed by atoms with Gasteiger partial charge in [0.1, 0.15) is 0 Å². The van der Waals surface area contributed by atoms with Gasteiger partial charge in [-0.3, -0.25) is 4.90 Å². The first-order valence-electron chi connectivity index (χ1n) is 7.91. The van der Waals surface area contributed by atoms with E-state index in [1.54, 1.807) is 0 Å². The van der Waals surface area contributed by atoms with Gasteiger partial charge in [-0.2, -0.15) is 0 Å². The fraction of sp³-hybridized carbons (Fsp3) is 1.00. The molecule has 19 heavy (non-hydrogen) atoms. The second kappa shape index (κ2) is 7.02. The first kappa shape index (κ1) is 15.2. The Morgan fingerprint density at radius 1 is 1.11 bits per heavy atom. The van der Waals surface area contributed by atoms with Gasteiger partial charge in [0, 0.05) is 58.0 Å². The number of nitrogens with two attached hydrogens (primary N) is 1. The molecule has 2 aliphatic rings. The topological polar surface area (TPSA) is 41.7 Å². The average molecular weight is 269 g/mol. The van der Waals surface area contributed by atoms with Gasteiger partial charge in [0.05, 0.1) is 0 Å². The van der Waals surface area contributed by atoms with Crippen molar-refractivity contribution in [2.24, 2.45) is 11.7 Å². The lowest BCUT2D eigenvalue weighted by atomic mass is 9.88. The molecular weight excluding hydrogens is 238 g/mol. The Bertz CT molecular complexity index is 254. The van der Waals surface area contributed by atoms with Gasteiger partial charge in [-0.25, -0.2) is 0 Å². The molecule has 0 amide bonds. The van der Waals surface area contributed by atoms with E-state index in [1.807, 2.05) is 0 Å². The van der Waals surface area contributed by atoms with E-state index in [2.05, 4.69) is 23.6 Å². The average Bonchev–Trinajstić information content (AvgIpc) is 2.65. The normalized spacial score (nSPS) is 31.6. The van der Waals surface area contributed by atoms with E-state index in [1.165, 1.54) is 39.1 Å². The second-order valence-electron chi connectivity index (χ2n) is 6.58. The number of ether oxygens (including phenoxy) is 1. The van der Waals surface area contributed by atoms with Gasteiger partial charge in [-0.1, -0.05) is 13.8 Å². The summed E-state index contributed by atoms with van der Waals surface area (Å²) in [5.74, 6) is 0.765. The van der Waals surface area contributed by atoms with Gasteiger partial charge >= 0.3 is 0 Å². The largest absolute Gasteiger partial charge is 0.381 e. The second-order valence-corrected chi connectivity index (χ2v) is 6.58. The van der Waals surface area contributed by atoms with E-state index in [0.29, 0.717) is 0 Å². The van der Waals surface area contributed by atoms with Crippen LogP contribution in [0, 0.1) is 5.92 Å². The van der Waals surface area contributed by atoms with Crippen LogP contribution in [-0.4, -0.2) is 67.8 Å². The molecule has 0 aromatic rings. The van der Waals surface area contributed by atoms with Crippen LogP contribution < -0.4 is 5.73 Å². The summed E-state index contributed by atoms with van der Waals surface area (Å²) in [6, 6.07) is 0. The molecule has 0 bridgehead atoms. The molecule has 2 heterocycles. The molecule has 1 atom stereocenters. The van der Waals surface area contributed by atoms with Crippen molar-refractivity contribution in [2.75, 3.05) is 52.5 Å². The van der Waals surface area contributed by atoms with Crippen molar-refractivity contribution in [3.05, 3.63) is 0 Å². The van der Waals surface area contributed by atoms with Gasteiger partial charge in [0.25, 0.3) is 0 Å². The first-order chi connectivity index (χ1) is 9.16. The summed E-state index contributed by atoms with van der Waals surface area (Å²) in [5, 5.41) is 0. The summed E-state index contributed by atoms with van der Waals surface area (Å²) >= 11 is 0. The molecule has 2 fully saturated rings. The van der Waals surface area contributed by atoms with Crippen LogP contribution in [0.4, 0.5) is 0 Å². The predicted octanol–water partition coefficient (Wildman–Crippen LogP) is 1.16. The lowest BCUT2D eigenvalue weighted by molar-refractivity contribution is 0.0193. The Morgan fingerprint density at radius 3 is 2.47 bits per heavy atom. The number of rotatable bonds is 4. The van der Waals surface area contributed by atoms with Crippen molar-refractivity contribution in [1.82, 2.24) is 9.80 Å². The molecule has 2 N–H and O–H groups in total. The van der Waals surface area contributed by atoms with Crippen LogP contribution in [-0.2, 0) is 4.74 Å². The molecule has 0 aliphatic carbocycles. The van der Waals surface area contributed by atoms with E-state index >= 15 is 0 Å². The third-order valence-corrected chi connectivity index (χ3v) is 4.69. The summed E-state index contributed by atoms with van der Waals surface area (Å²) < 4.78 is 5.62. The minimum atomic E-state index is 0.209. The van der Waals surface area contributed by atoms with E-state index < -0.39 is 0 Å². The Kier molecular flexibility index (Phi) is 5.63. The molecule has 2 rings (SSSR count). The van der Waals surface area contributed by atoms with E-state index in [9.17, 15) is 0 Å². The highest BCUT2D eigenvalue weighted by Crippen LogP contribution is 2.28. The Morgan fingerprint density at radius 2 is 1.84 bits per heavy atom. The summed E-state index contributed by atoms with van der Waals surface area (Å²) in [4.78, 5) is 5.25. The fourth-order valence-corrected chi connectivity index (χ4v) is 3.56. The van der Waals surface area contributed by atoms with Crippen LogP contribution in [0.1, 0.15) is 33.1 Å². The van der Waals surface area contributed by atoms with Crippen LogP contribution in [0.3, 0.4) is 0 Å². The number of piperazine rings is 1. The standard InChI is InChI=1S/C15H31N3O/c1-14(2)12-17-6-8-18(9-7-17)15(13-16)4-3-10-19-11-5-15/h14H,3-13,16H2,1-2H3. The molecule has 4 nitrogen and oxygen atoms in total. The molecule has 0 radical (unpaired) electrons. The number of hydrogen-bond donors (Lipinski definition) is 1. The van der Waals surface area contributed by atoms with Crippen LogP contribution in [0.15, 0.2) is 0 Å². The highest BCUT2D eigenvalue weighted by molar-refractivity contribution is 4.95. The summed E-state index contributed by atoms with van der Waals surface area (Å²) in [6.45, 7) is 13.1. The van der Waals surface area contributed by atoms with Crippen molar-refractivity contribution in [2.45, 2.75) is 38.6 Å². The fourth-order valence-electron chi connectivity index (χ4n) is 3.56. The van der Waals surface area contributed by atoms with Gasteiger partial charge in [0.15, 0.2) is 0 Å². The molecule has 112 valence electrons. The van der Waals surface area contributed by atoms with Crippen molar-refractivity contribution in [1.29, 1.82) is 0 Å². The molecule has 0 saturated carbocycles. The minimum absolute atomic E-state index is 0.209. The van der Waals surface area contributed by atoms with E-state index in [4.69, 9.17) is 10.5 Å². The molecule has 2 aliphatic heterocycles. The maximum Gasteiger partial charge on any atom is 0.0484 e. The zero-order chi connectivity index (χ0) is 13.7. The first-order valence-corrected chi connectivity index (χ1v) is 7.91. The predicted molar refractivity (Wildman–Crippen MR) is 79.3 cm³/mol. The molecule has 2 saturated heterocycles. The molecule has 1 unspecified atom stereocenters. The molecule has 0 spiro atoms. The molecule has 0 aromatic carbocycles. The zero-order valence-electron chi connectivity index (χ0n) is 12.7. The summed E-state index contributed by atoms with van der Waals surface area (Å²) in [6.07, 6.45) is 3.46. The number of hydrogen-bond acceptors (Lipinski definition) is 4. The van der Waals surface area contributed by atoms with Gasteiger partial charge in [0.2, 0.25) is 0 Å². The van der Waals surface area contributed by atoms with Gasteiger partial charge in [-0.15, -0.1) is 0 Å². The van der Waals surface area contributed by atoms with Crippen LogP contribution in [0.25, 0.3) is 0 Å². The van der Waals surface area contributed by atoms with Crippen LogP contribution >= 0.6 is 0 Å². The summed E-state index contributed by atoms with van der Waals surface area (Å²) in [7, 11) is 0. The highest BCUT2D eigenvalue weighted by Gasteiger charge is 2.37.